The van der Waals surface area contributed by atoms with Crippen molar-refractivity contribution in [3.63, 3.8) is 0 Å². The first-order valence-corrected chi connectivity index (χ1v) is 9.04. The highest BCUT2D eigenvalue weighted by atomic mass is 32.2. The minimum Gasteiger partial charge on any atom is -0.387 e. The van der Waals surface area contributed by atoms with Gasteiger partial charge in [-0.05, 0) is 50.2 Å². The van der Waals surface area contributed by atoms with Gasteiger partial charge < -0.3 is 5.11 Å². The topological polar surface area (TPSA) is 67.3 Å². The number of aryl methyl sites for hydroxylation is 2. The second-order valence-electron chi connectivity index (χ2n) is 6.04. The molecule has 0 spiro atoms. The molecule has 1 aromatic rings. The molecule has 1 aliphatic carbocycles. The summed E-state index contributed by atoms with van der Waals surface area (Å²) >= 11 is 0. The number of aliphatic hydroxyl groups excluding tert-OH is 1. The Morgan fingerprint density at radius 3 is 2.65 bits per heavy atom. The fourth-order valence-corrected chi connectivity index (χ4v) is 4.31. The maximum Gasteiger partial charge on any atom is 0.150 e. The summed E-state index contributed by atoms with van der Waals surface area (Å²) < 4.78 is 23.4. The third-order valence-corrected chi connectivity index (χ3v) is 5.89. The fraction of sp³-hybridized carbons (Fsp3) is 0.667. The molecule has 1 aliphatic rings. The summed E-state index contributed by atoms with van der Waals surface area (Å²) in [5.74, 6) is -0.0163. The molecule has 0 aromatic carbocycles. The van der Waals surface area contributed by atoms with Crippen LogP contribution in [0.1, 0.15) is 48.6 Å². The molecule has 0 bridgehead atoms. The lowest BCUT2D eigenvalue weighted by Gasteiger charge is -2.31. The summed E-state index contributed by atoms with van der Waals surface area (Å²) in [6.07, 6.45) is 5.34. The molecule has 0 amide bonds. The average Bonchev–Trinajstić information content (AvgIpc) is 2.37. The Hall–Kier alpha value is -0.940. The van der Waals surface area contributed by atoms with Crippen LogP contribution < -0.4 is 0 Å². The lowest BCUT2D eigenvalue weighted by molar-refractivity contribution is 0.0814. The molecule has 3 atom stereocenters. The van der Waals surface area contributed by atoms with Crippen LogP contribution in [0.2, 0.25) is 0 Å². The van der Waals surface area contributed by atoms with Gasteiger partial charge in [0, 0.05) is 12.5 Å². The standard InChI is InChI=1S/C15H23NO3S/c1-10-7-11(2)14(16-9-10)15(17)12-5-4-6-13(8-12)20(3,18)19/h7,9,12-13,15,17H,4-6,8H2,1-3H3. The molecule has 5 heteroatoms. The summed E-state index contributed by atoms with van der Waals surface area (Å²) in [7, 11) is -3.02. The van der Waals surface area contributed by atoms with Gasteiger partial charge in [0.2, 0.25) is 0 Å². The van der Waals surface area contributed by atoms with Gasteiger partial charge in [0.1, 0.15) is 9.84 Å². The molecule has 1 saturated carbocycles. The average molecular weight is 297 g/mol. The van der Waals surface area contributed by atoms with Gasteiger partial charge in [-0.2, -0.15) is 0 Å². The van der Waals surface area contributed by atoms with Crippen LogP contribution in [0.4, 0.5) is 0 Å². The van der Waals surface area contributed by atoms with Crippen LogP contribution in [0.15, 0.2) is 12.3 Å². The van der Waals surface area contributed by atoms with E-state index in [-0.39, 0.29) is 11.2 Å². The van der Waals surface area contributed by atoms with Crippen molar-refractivity contribution < 1.29 is 13.5 Å². The Balaban J connectivity index is 2.18. The molecule has 0 saturated heterocycles. The molecule has 2 rings (SSSR count). The van der Waals surface area contributed by atoms with Crippen LogP contribution >= 0.6 is 0 Å². The zero-order valence-electron chi connectivity index (χ0n) is 12.3. The number of aliphatic hydroxyl groups is 1. The summed E-state index contributed by atoms with van der Waals surface area (Å²) in [4.78, 5) is 4.34. The van der Waals surface area contributed by atoms with Crippen LogP contribution in [-0.2, 0) is 9.84 Å². The maximum absolute atomic E-state index is 11.7. The quantitative estimate of drug-likeness (QED) is 0.930. The van der Waals surface area contributed by atoms with E-state index in [1.165, 1.54) is 6.26 Å². The van der Waals surface area contributed by atoms with Crippen molar-refractivity contribution in [1.29, 1.82) is 0 Å². The zero-order valence-corrected chi connectivity index (χ0v) is 13.2. The van der Waals surface area contributed by atoms with E-state index in [0.29, 0.717) is 18.5 Å². The van der Waals surface area contributed by atoms with Crippen molar-refractivity contribution in [2.75, 3.05) is 6.26 Å². The zero-order chi connectivity index (χ0) is 14.9. The molecule has 3 unspecified atom stereocenters. The van der Waals surface area contributed by atoms with Gasteiger partial charge in [-0.25, -0.2) is 8.42 Å². The van der Waals surface area contributed by atoms with Crippen molar-refractivity contribution in [3.05, 3.63) is 29.1 Å². The Kier molecular flexibility index (Phi) is 4.49. The third-order valence-electron chi connectivity index (χ3n) is 4.25. The van der Waals surface area contributed by atoms with Crippen LogP contribution in [-0.4, -0.2) is 30.0 Å². The molecule has 20 heavy (non-hydrogen) atoms. The van der Waals surface area contributed by atoms with Crippen LogP contribution in [0.25, 0.3) is 0 Å². The fourth-order valence-electron chi connectivity index (χ4n) is 3.12. The highest BCUT2D eigenvalue weighted by Gasteiger charge is 2.33. The molecule has 1 N–H and O–H groups in total. The van der Waals surface area contributed by atoms with Gasteiger partial charge in [0.15, 0.2) is 0 Å². The van der Waals surface area contributed by atoms with E-state index in [1.54, 1.807) is 6.20 Å². The number of nitrogens with zero attached hydrogens (tertiary/aromatic N) is 1. The maximum atomic E-state index is 11.7. The van der Waals surface area contributed by atoms with E-state index in [1.807, 2.05) is 19.9 Å². The van der Waals surface area contributed by atoms with E-state index in [9.17, 15) is 13.5 Å². The monoisotopic (exact) mass is 297 g/mol. The van der Waals surface area contributed by atoms with Gasteiger partial charge in [0.05, 0.1) is 17.0 Å². The summed E-state index contributed by atoms with van der Waals surface area (Å²) in [6, 6.07) is 2.00. The first-order valence-electron chi connectivity index (χ1n) is 7.09. The van der Waals surface area contributed by atoms with E-state index in [4.69, 9.17) is 0 Å². The van der Waals surface area contributed by atoms with Gasteiger partial charge >= 0.3 is 0 Å². The highest BCUT2D eigenvalue weighted by Crippen LogP contribution is 2.37. The van der Waals surface area contributed by atoms with Crippen molar-refractivity contribution >= 4 is 9.84 Å². The third kappa shape index (κ3) is 3.38. The number of aromatic nitrogens is 1. The lowest BCUT2D eigenvalue weighted by atomic mass is 9.83. The van der Waals surface area contributed by atoms with E-state index in [0.717, 1.165) is 24.0 Å². The molecule has 1 aromatic heterocycles. The number of hydrogen-bond donors (Lipinski definition) is 1. The van der Waals surface area contributed by atoms with Gasteiger partial charge in [-0.3, -0.25) is 4.98 Å². The Morgan fingerprint density at radius 1 is 1.35 bits per heavy atom. The first-order chi connectivity index (χ1) is 9.29. The minimum absolute atomic E-state index is 0.0163. The molecular formula is C15H23NO3S. The molecule has 0 aliphatic heterocycles. The molecule has 1 heterocycles. The van der Waals surface area contributed by atoms with Crippen molar-refractivity contribution in [2.45, 2.75) is 50.9 Å². The van der Waals surface area contributed by atoms with Gasteiger partial charge in [-0.1, -0.05) is 12.5 Å². The number of rotatable bonds is 3. The molecule has 112 valence electrons. The summed E-state index contributed by atoms with van der Waals surface area (Å²) in [5.41, 5.74) is 2.73. The normalized spacial score (nSPS) is 25.4. The number of sulfone groups is 1. The van der Waals surface area contributed by atoms with E-state index in [2.05, 4.69) is 4.98 Å². The Labute approximate surface area is 121 Å². The second-order valence-corrected chi connectivity index (χ2v) is 8.36. The van der Waals surface area contributed by atoms with E-state index < -0.39 is 15.9 Å². The Bertz CT molecular complexity index is 583. The summed E-state index contributed by atoms with van der Waals surface area (Å²) in [6.45, 7) is 3.91. The second kappa shape index (κ2) is 5.82. The smallest absolute Gasteiger partial charge is 0.150 e. The van der Waals surface area contributed by atoms with Crippen LogP contribution in [0.3, 0.4) is 0 Å². The van der Waals surface area contributed by atoms with Crippen LogP contribution in [0, 0.1) is 19.8 Å². The highest BCUT2D eigenvalue weighted by molar-refractivity contribution is 7.91. The molecular weight excluding hydrogens is 274 g/mol. The molecule has 0 radical (unpaired) electrons. The lowest BCUT2D eigenvalue weighted by Crippen LogP contribution is -2.30. The Morgan fingerprint density at radius 2 is 2.05 bits per heavy atom. The minimum atomic E-state index is -3.02. The summed E-state index contributed by atoms with van der Waals surface area (Å²) in [5, 5.41) is 10.2. The number of pyridine rings is 1. The van der Waals surface area contributed by atoms with Gasteiger partial charge in [-0.15, -0.1) is 0 Å². The van der Waals surface area contributed by atoms with Crippen molar-refractivity contribution in [3.8, 4) is 0 Å². The predicted molar refractivity (Wildman–Crippen MR) is 79.3 cm³/mol. The molecule has 1 fully saturated rings. The van der Waals surface area contributed by atoms with Gasteiger partial charge in [0.25, 0.3) is 0 Å². The SMILES string of the molecule is Cc1cnc(C(O)C2CCCC(S(C)(=O)=O)C2)c(C)c1. The number of hydrogen-bond acceptors (Lipinski definition) is 4. The van der Waals surface area contributed by atoms with Crippen molar-refractivity contribution in [2.24, 2.45) is 5.92 Å². The molecule has 4 nitrogen and oxygen atoms in total. The van der Waals surface area contributed by atoms with Crippen LogP contribution in [0.5, 0.6) is 0 Å². The largest absolute Gasteiger partial charge is 0.387 e. The predicted octanol–water partition coefficient (Wildman–Crippen LogP) is 2.34. The van der Waals surface area contributed by atoms with E-state index >= 15 is 0 Å². The first kappa shape index (κ1) is 15.4. The van der Waals surface area contributed by atoms with Crippen molar-refractivity contribution in [1.82, 2.24) is 4.98 Å².